The van der Waals surface area contributed by atoms with Gasteiger partial charge in [-0.05, 0) is 54.4 Å². The maximum absolute atomic E-state index is 13.0. The standard InChI is InChI=1S/C22H19N3O5S/c26-22(24-17-7-9-20-21(13-17)30-14-29-20)23-16-6-8-19-15(12-16)10-11-25(19)31(27,28)18-4-2-1-3-5-18/h1-9,12-13H,10-11,14H2,(H2,23,24,26). The first-order valence-electron chi connectivity index (χ1n) is 9.69. The van der Waals surface area contributed by atoms with Crippen LogP contribution in [0.25, 0.3) is 0 Å². The maximum Gasteiger partial charge on any atom is 0.323 e. The highest BCUT2D eigenvalue weighted by atomic mass is 32.2. The summed E-state index contributed by atoms with van der Waals surface area (Å²) in [5.41, 5.74) is 2.64. The van der Waals surface area contributed by atoms with Crippen LogP contribution in [0.5, 0.6) is 11.5 Å². The summed E-state index contributed by atoms with van der Waals surface area (Å²) in [5, 5.41) is 5.53. The van der Waals surface area contributed by atoms with E-state index in [2.05, 4.69) is 10.6 Å². The maximum atomic E-state index is 13.0. The second-order valence-electron chi connectivity index (χ2n) is 7.13. The minimum Gasteiger partial charge on any atom is -0.454 e. The van der Waals surface area contributed by atoms with Gasteiger partial charge in [-0.1, -0.05) is 18.2 Å². The number of carbonyl (C=O) groups is 1. The fourth-order valence-corrected chi connectivity index (χ4v) is 5.21. The molecule has 8 nitrogen and oxygen atoms in total. The minimum atomic E-state index is -3.62. The molecule has 2 N–H and O–H groups in total. The monoisotopic (exact) mass is 437 g/mol. The SMILES string of the molecule is O=C(Nc1ccc2c(c1)CCN2S(=O)(=O)c1ccccc1)Nc1ccc2c(c1)OCO2. The number of hydrogen-bond donors (Lipinski definition) is 2. The molecule has 0 unspecified atom stereocenters. The van der Waals surface area contributed by atoms with Crippen molar-refractivity contribution >= 4 is 33.1 Å². The van der Waals surface area contributed by atoms with Gasteiger partial charge in [0, 0.05) is 24.0 Å². The number of nitrogens with one attached hydrogen (secondary N) is 2. The molecule has 5 rings (SSSR count). The highest BCUT2D eigenvalue weighted by molar-refractivity contribution is 7.92. The molecule has 3 aromatic rings. The van der Waals surface area contributed by atoms with Crippen molar-refractivity contribution in [1.82, 2.24) is 0 Å². The van der Waals surface area contributed by atoms with Crippen LogP contribution in [0.3, 0.4) is 0 Å². The van der Waals surface area contributed by atoms with E-state index in [1.807, 2.05) is 0 Å². The van der Waals surface area contributed by atoms with Crippen molar-refractivity contribution < 1.29 is 22.7 Å². The summed E-state index contributed by atoms with van der Waals surface area (Å²) >= 11 is 0. The minimum absolute atomic E-state index is 0.164. The molecule has 0 saturated heterocycles. The molecule has 0 bridgehead atoms. The summed E-state index contributed by atoms with van der Waals surface area (Å²) in [4.78, 5) is 12.6. The summed E-state index contributed by atoms with van der Waals surface area (Å²) in [6, 6.07) is 18.3. The molecule has 0 fully saturated rings. The molecule has 2 heterocycles. The molecule has 0 atom stereocenters. The van der Waals surface area contributed by atoms with Gasteiger partial charge in [0.05, 0.1) is 10.6 Å². The summed E-state index contributed by atoms with van der Waals surface area (Å²) in [6.45, 7) is 0.524. The fourth-order valence-electron chi connectivity index (χ4n) is 3.69. The van der Waals surface area contributed by atoms with Crippen LogP contribution in [0.4, 0.5) is 21.9 Å². The van der Waals surface area contributed by atoms with Crippen molar-refractivity contribution in [3.05, 3.63) is 72.3 Å². The quantitative estimate of drug-likeness (QED) is 0.647. The van der Waals surface area contributed by atoms with E-state index in [9.17, 15) is 13.2 Å². The van der Waals surface area contributed by atoms with Crippen molar-refractivity contribution in [2.24, 2.45) is 0 Å². The van der Waals surface area contributed by atoms with Crippen molar-refractivity contribution in [3.8, 4) is 11.5 Å². The van der Waals surface area contributed by atoms with Gasteiger partial charge in [-0.15, -0.1) is 0 Å². The van der Waals surface area contributed by atoms with E-state index in [1.165, 1.54) is 4.31 Å². The molecule has 2 aliphatic rings. The molecule has 2 aliphatic heterocycles. The third kappa shape index (κ3) is 3.64. The first kappa shape index (κ1) is 19.3. The van der Waals surface area contributed by atoms with Crippen LogP contribution in [0, 0.1) is 0 Å². The number of benzene rings is 3. The van der Waals surface area contributed by atoms with Gasteiger partial charge in [0.1, 0.15) is 0 Å². The predicted molar refractivity (Wildman–Crippen MR) is 116 cm³/mol. The Hall–Kier alpha value is -3.72. The summed E-state index contributed by atoms with van der Waals surface area (Å²) in [7, 11) is -3.62. The van der Waals surface area contributed by atoms with Crippen molar-refractivity contribution in [2.45, 2.75) is 11.3 Å². The Balaban J connectivity index is 1.30. The molecule has 3 aromatic carbocycles. The zero-order chi connectivity index (χ0) is 21.4. The molecule has 0 aliphatic carbocycles. The first-order chi connectivity index (χ1) is 15.0. The van der Waals surface area contributed by atoms with Crippen LogP contribution in [0.2, 0.25) is 0 Å². The van der Waals surface area contributed by atoms with E-state index in [0.717, 1.165) is 5.56 Å². The van der Waals surface area contributed by atoms with E-state index in [4.69, 9.17) is 9.47 Å². The van der Waals surface area contributed by atoms with Gasteiger partial charge in [-0.3, -0.25) is 4.31 Å². The Bertz CT molecular complexity index is 1260. The number of ether oxygens (including phenoxy) is 2. The third-order valence-corrected chi connectivity index (χ3v) is 6.98. The van der Waals surface area contributed by atoms with E-state index >= 15 is 0 Å². The van der Waals surface area contributed by atoms with Crippen LogP contribution in [0.15, 0.2) is 71.6 Å². The smallest absolute Gasteiger partial charge is 0.323 e. The summed E-state index contributed by atoms with van der Waals surface area (Å²) in [6.07, 6.45) is 0.570. The molecular formula is C22H19N3O5S. The van der Waals surface area contributed by atoms with E-state index in [-0.39, 0.29) is 11.7 Å². The van der Waals surface area contributed by atoms with Crippen molar-refractivity contribution in [2.75, 3.05) is 28.3 Å². The Kier molecular flexibility index (Phi) is 4.67. The van der Waals surface area contributed by atoms with Gasteiger partial charge in [0.2, 0.25) is 6.79 Å². The van der Waals surface area contributed by atoms with E-state index < -0.39 is 16.1 Å². The number of hydrogen-bond acceptors (Lipinski definition) is 5. The molecular weight excluding hydrogens is 418 g/mol. The Morgan fingerprint density at radius 3 is 2.39 bits per heavy atom. The van der Waals surface area contributed by atoms with Crippen molar-refractivity contribution in [1.29, 1.82) is 0 Å². The third-order valence-electron chi connectivity index (χ3n) is 5.15. The first-order valence-corrected chi connectivity index (χ1v) is 11.1. The molecule has 2 amide bonds. The van der Waals surface area contributed by atoms with Crippen LogP contribution in [0.1, 0.15) is 5.56 Å². The molecule has 0 saturated carbocycles. The Labute approximate surface area is 179 Å². The molecule has 0 spiro atoms. The lowest BCUT2D eigenvalue weighted by molar-refractivity contribution is 0.174. The van der Waals surface area contributed by atoms with Crippen LogP contribution < -0.4 is 24.4 Å². The summed E-state index contributed by atoms with van der Waals surface area (Å²) in [5.74, 6) is 1.22. The predicted octanol–water partition coefficient (Wildman–Crippen LogP) is 3.81. The van der Waals surface area contributed by atoms with Crippen LogP contribution >= 0.6 is 0 Å². The van der Waals surface area contributed by atoms with Gasteiger partial charge >= 0.3 is 6.03 Å². The van der Waals surface area contributed by atoms with Gasteiger partial charge in [-0.25, -0.2) is 13.2 Å². The Morgan fingerprint density at radius 1 is 0.871 bits per heavy atom. The molecule has 0 aromatic heterocycles. The average molecular weight is 437 g/mol. The lowest BCUT2D eigenvalue weighted by atomic mass is 10.1. The Morgan fingerprint density at radius 2 is 1.58 bits per heavy atom. The fraction of sp³-hybridized carbons (Fsp3) is 0.136. The number of anilines is 3. The van der Waals surface area contributed by atoms with Crippen LogP contribution in [-0.2, 0) is 16.4 Å². The molecule has 9 heteroatoms. The second-order valence-corrected chi connectivity index (χ2v) is 8.99. The summed E-state index contributed by atoms with van der Waals surface area (Å²) < 4.78 is 37.9. The largest absolute Gasteiger partial charge is 0.454 e. The second kappa shape index (κ2) is 7.51. The zero-order valence-electron chi connectivity index (χ0n) is 16.4. The van der Waals surface area contributed by atoms with Gasteiger partial charge < -0.3 is 20.1 Å². The number of carbonyl (C=O) groups excluding carboxylic acids is 1. The van der Waals surface area contributed by atoms with E-state index in [0.29, 0.717) is 41.5 Å². The topological polar surface area (TPSA) is 97.0 Å². The number of rotatable bonds is 4. The van der Waals surface area contributed by atoms with Crippen LogP contribution in [-0.4, -0.2) is 27.8 Å². The van der Waals surface area contributed by atoms with Gasteiger partial charge in [0.25, 0.3) is 10.0 Å². The lowest BCUT2D eigenvalue weighted by Crippen LogP contribution is -2.29. The van der Waals surface area contributed by atoms with Gasteiger partial charge in [-0.2, -0.15) is 0 Å². The number of fused-ring (bicyclic) bond motifs is 2. The number of nitrogens with zero attached hydrogens (tertiary/aromatic N) is 1. The zero-order valence-corrected chi connectivity index (χ0v) is 17.2. The number of urea groups is 1. The molecule has 158 valence electrons. The average Bonchev–Trinajstić information content (AvgIpc) is 3.40. The lowest BCUT2D eigenvalue weighted by Gasteiger charge is -2.19. The number of sulfonamides is 1. The highest BCUT2D eigenvalue weighted by Gasteiger charge is 2.30. The van der Waals surface area contributed by atoms with Crippen molar-refractivity contribution in [3.63, 3.8) is 0 Å². The normalized spacial score (nSPS) is 14.3. The van der Waals surface area contributed by atoms with E-state index in [1.54, 1.807) is 66.7 Å². The molecule has 31 heavy (non-hydrogen) atoms. The van der Waals surface area contributed by atoms with Gasteiger partial charge in [0.15, 0.2) is 11.5 Å². The highest BCUT2D eigenvalue weighted by Crippen LogP contribution is 2.35. The number of amides is 2. The molecule has 0 radical (unpaired) electrons.